The fourth-order valence-corrected chi connectivity index (χ4v) is 4.43. The Balaban J connectivity index is 2.20. The smallest absolute Gasteiger partial charge is 0.326 e. The predicted molar refractivity (Wildman–Crippen MR) is 145 cm³/mol. The Morgan fingerprint density at radius 2 is 1.79 bits per heavy atom. The van der Waals surface area contributed by atoms with E-state index in [1.165, 1.54) is 17.0 Å². The first-order valence-electron chi connectivity index (χ1n) is 13.2. The van der Waals surface area contributed by atoms with Gasteiger partial charge in [0.25, 0.3) is 0 Å². The monoisotopic (exact) mass is 547 g/mol. The quantitative estimate of drug-likeness (QED) is 0.0895. The van der Waals surface area contributed by atoms with Gasteiger partial charge in [0.15, 0.2) is 5.96 Å². The molecule has 1 saturated heterocycles. The summed E-state index contributed by atoms with van der Waals surface area (Å²) in [6.07, 6.45) is 2.26. The molecular weight excluding hydrogens is 506 g/mol. The Bertz CT molecular complexity index is 1030. The molecule has 10 N–H and O–H groups in total. The fraction of sp³-hybridized carbons (Fsp3) is 0.577. The molecule has 0 saturated carbocycles. The van der Waals surface area contributed by atoms with Crippen LogP contribution in [-0.4, -0.2) is 82.0 Å². The van der Waals surface area contributed by atoms with Crippen molar-refractivity contribution in [2.24, 2.45) is 28.1 Å². The number of nitrogens with zero attached hydrogens (tertiary/aromatic N) is 2. The molecule has 5 atom stereocenters. The topological polar surface area (TPSA) is 226 Å². The largest absolute Gasteiger partial charge is 0.508 e. The van der Waals surface area contributed by atoms with E-state index >= 15 is 0 Å². The third kappa shape index (κ3) is 9.43. The number of guanidine groups is 1. The molecule has 2 rings (SSSR count). The number of aliphatic imine (C=N–C) groups is 1. The zero-order valence-corrected chi connectivity index (χ0v) is 22.5. The second kappa shape index (κ2) is 14.9. The number of aliphatic carboxylic acids is 1. The molecule has 216 valence electrons. The molecule has 39 heavy (non-hydrogen) atoms. The molecule has 1 aliphatic heterocycles. The van der Waals surface area contributed by atoms with Gasteiger partial charge in [-0.05, 0) is 49.3 Å². The van der Waals surface area contributed by atoms with Gasteiger partial charge in [0.05, 0.1) is 6.04 Å². The summed E-state index contributed by atoms with van der Waals surface area (Å²) >= 11 is 0. The van der Waals surface area contributed by atoms with E-state index in [1.54, 1.807) is 19.1 Å². The van der Waals surface area contributed by atoms with Crippen molar-refractivity contribution >= 4 is 29.7 Å². The van der Waals surface area contributed by atoms with Gasteiger partial charge in [0.2, 0.25) is 17.7 Å². The maximum Gasteiger partial charge on any atom is 0.326 e. The highest BCUT2D eigenvalue weighted by Gasteiger charge is 2.39. The Morgan fingerprint density at radius 1 is 1.13 bits per heavy atom. The minimum Gasteiger partial charge on any atom is -0.508 e. The van der Waals surface area contributed by atoms with Gasteiger partial charge in [-0.3, -0.25) is 19.4 Å². The third-order valence-electron chi connectivity index (χ3n) is 6.91. The van der Waals surface area contributed by atoms with Crippen LogP contribution in [0.4, 0.5) is 0 Å². The highest BCUT2D eigenvalue weighted by atomic mass is 16.4. The van der Waals surface area contributed by atoms with E-state index in [4.69, 9.17) is 17.2 Å². The van der Waals surface area contributed by atoms with Crippen molar-refractivity contribution in [1.29, 1.82) is 0 Å². The average Bonchev–Trinajstić information content (AvgIpc) is 3.39. The normalized spacial score (nSPS) is 17.9. The maximum atomic E-state index is 13.5. The number of hydrogen-bond donors (Lipinski definition) is 7. The van der Waals surface area contributed by atoms with Crippen molar-refractivity contribution in [2.75, 3.05) is 13.1 Å². The number of phenolic OH excluding ortho intramolecular Hbond substituents is 1. The molecule has 0 bridgehead atoms. The molecule has 13 nitrogen and oxygen atoms in total. The number of carboxylic acids is 1. The van der Waals surface area contributed by atoms with Gasteiger partial charge < -0.3 is 42.9 Å². The highest BCUT2D eigenvalue weighted by Crippen LogP contribution is 2.21. The van der Waals surface area contributed by atoms with E-state index in [1.807, 2.05) is 6.92 Å². The number of carbonyl (C=O) groups excluding carboxylic acids is 3. The lowest BCUT2D eigenvalue weighted by molar-refractivity contribution is -0.149. The number of amides is 3. The van der Waals surface area contributed by atoms with Crippen LogP contribution in [0.1, 0.15) is 51.5 Å². The van der Waals surface area contributed by atoms with Crippen molar-refractivity contribution in [3.05, 3.63) is 29.8 Å². The van der Waals surface area contributed by atoms with Gasteiger partial charge in [-0.15, -0.1) is 0 Å². The van der Waals surface area contributed by atoms with E-state index in [0.717, 1.165) is 0 Å². The van der Waals surface area contributed by atoms with Crippen LogP contribution < -0.4 is 27.8 Å². The van der Waals surface area contributed by atoms with Crippen molar-refractivity contribution < 1.29 is 29.4 Å². The fourth-order valence-electron chi connectivity index (χ4n) is 4.43. The number of aromatic hydroxyl groups is 1. The third-order valence-corrected chi connectivity index (χ3v) is 6.91. The van der Waals surface area contributed by atoms with E-state index in [-0.39, 0.29) is 30.6 Å². The van der Waals surface area contributed by atoms with Crippen molar-refractivity contribution in [2.45, 2.75) is 76.5 Å². The molecule has 0 aromatic heterocycles. The van der Waals surface area contributed by atoms with E-state index in [2.05, 4.69) is 15.6 Å². The first kappa shape index (κ1) is 31.3. The lowest BCUT2D eigenvalue weighted by Gasteiger charge is -2.30. The summed E-state index contributed by atoms with van der Waals surface area (Å²) in [5, 5.41) is 24.7. The van der Waals surface area contributed by atoms with Gasteiger partial charge >= 0.3 is 5.97 Å². The zero-order chi connectivity index (χ0) is 29.1. The molecule has 0 radical (unpaired) electrons. The minimum atomic E-state index is -1.10. The maximum absolute atomic E-state index is 13.5. The minimum absolute atomic E-state index is 0.0466. The number of nitrogens with one attached hydrogen (secondary N) is 2. The Hall–Kier alpha value is -3.87. The number of likely N-dealkylation sites (tertiary alicyclic amines) is 1. The molecule has 0 aliphatic carbocycles. The standard InChI is InChI=1S/C26H41N7O6/c1-3-15(2)21(32-22(35)18(27)6-4-12-30-26(28)29)23(36)31-19(14-16-8-10-17(34)11-9-16)24(37)33-13-5-7-20(33)25(38)39/h8-11,15,18-21,34H,3-7,12-14,27H2,1-2H3,(H,31,36)(H,32,35)(H,38,39)(H4,28,29,30). The van der Waals surface area contributed by atoms with Gasteiger partial charge in [-0.1, -0.05) is 32.4 Å². The van der Waals surface area contributed by atoms with Gasteiger partial charge in [0, 0.05) is 19.5 Å². The number of phenols is 1. The average molecular weight is 548 g/mol. The van der Waals surface area contributed by atoms with Crippen LogP contribution in [0.25, 0.3) is 0 Å². The molecular formula is C26H41N7O6. The van der Waals surface area contributed by atoms with E-state index in [0.29, 0.717) is 44.2 Å². The molecule has 1 aromatic carbocycles. The van der Waals surface area contributed by atoms with Crippen molar-refractivity contribution in [3.8, 4) is 5.75 Å². The highest BCUT2D eigenvalue weighted by molar-refractivity contribution is 5.94. The van der Waals surface area contributed by atoms with Gasteiger partial charge in [-0.25, -0.2) is 4.79 Å². The summed E-state index contributed by atoms with van der Waals surface area (Å²) < 4.78 is 0. The SMILES string of the molecule is CCC(C)C(NC(=O)C(N)CCCN=C(N)N)C(=O)NC(Cc1ccc(O)cc1)C(=O)N1CCCC1C(=O)O. The molecule has 1 fully saturated rings. The summed E-state index contributed by atoms with van der Waals surface area (Å²) in [4.78, 5) is 56.7. The summed E-state index contributed by atoms with van der Waals surface area (Å²) in [5.74, 6) is -3.01. The summed E-state index contributed by atoms with van der Waals surface area (Å²) in [6, 6.07) is 2.24. The van der Waals surface area contributed by atoms with Crippen LogP contribution in [-0.2, 0) is 25.6 Å². The van der Waals surface area contributed by atoms with Gasteiger partial charge in [-0.2, -0.15) is 0 Å². The first-order chi connectivity index (χ1) is 18.4. The lowest BCUT2D eigenvalue weighted by atomic mass is 9.96. The molecule has 13 heteroatoms. The van der Waals surface area contributed by atoms with E-state index in [9.17, 15) is 29.4 Å². The summed E-state index contributed by atoms with van der Waals surface area (Å²) in [5.41, 5.74) is 17.3. The van der Waals surface area contributed by atoms with Crippen molar-refractivity contribution in [3.63, 3.8) is 0 Å². The Kier molecular flexibility index (Phi) is 12.0. The molecule has 1 aromatic rings. The Labute approximate surface area is 228 Å². The molecule has 5 unspecified atom stereocenters. The number of rotatable bonds is 14. The summed E-state index contributed by atoms with van der Waals surface area (Å²) in [6.45, 7) is 4.24. The molecule has 3 amide bonds. The van der Waals surface area contributed by atoms with Gasteiger partial charge in [0.1, 0.15) is 23.9 Å². The number of nitrogens with two attached hydrogens (primary N) is 3. The lowest BCUT2D eigenvalue weighted by Crippen LogP contribution is -2.59. The second-order valence-corrected chi connectivity index (χ2v) is 9.89. The van der Waals surface area contributed by atoms with Crippen LogP contribution in [0.15, 0.2) is 29.3 Å². The number of hydrogen-bond acceptors (Lipinski definition) is 7. The zero-order valence-electron chi connectivity index (χ0n) is 22.5. The number of carboxylic acid groups (broad SMARTS) is 1. The van der Waals surface area contributed by atoms with E-state index < -0.39 is 47.9 Å². The predicted octanol–water partition coefficient (Wildman–Crippen LogP) is -0.593. The number of benzene rings is 1. The van der Waals surface area contributed by atoms with Crippen LogP contribution >= 0.6 is 0 Å². The molecule has 0 spiro atoms. The second-order valence-electron chi connectivity index (χ2n) is 9.89. The molecule has 1 heterocycles. The van der Waals surface area contributed by atoms with Crippen LogP contribution in [0.3, 0.4) is 0 Å². The van der Waals surface area contributed by atoms with Crippen LogP contribution in [0, 0.1) is 5.92 Å². The number of carbonyl (C=O) groups is 4. The van der Waals surface area contributed by atoms with Crippen LogP contribution in [0.5, 0.6) is 5.75 Å². The Morgan fingerprint density at radius 3 is 2.38 bits per heavy atom. The summed E-state index contributed by atoms with van der Waals surface area (Å²) in [7, 11) is 0. The van der Waals surface area contributed by atoms with Crippen molar-refractivity contribution in [1.82, 2.24) is 15.5 Å². The first-order valence-corrected chi connectivity index (χ1v) is 13.2. The molecule has 1 aliphatic rings. The van der Waals surface area contributed by atoms with Crippen LogP contribution in [0.2, 0.25) is 0 Å².